The van der Waals surface area contributed by atoms with Crippen molar-refractivity contribution in [2.24, 2.45) is 0 Å². The summed E-state index contributed by atoms with van der Waals surface area (Å²) in [5.41, 5.74) is 0. The van der Waals surface area contributed by atoms with E-state index in [-0.39, 0.29) is 6.61 Å². The molecular formula is C14H20N4OS2. The highest BCUT2D eigenvalue weighted by atomic mass is 32.1. The lowest BCUT2D eigenvalue weighted by Crippen LogP contribution is -2.22. The van der Waals surface area contributed by atoms with Crippen LogP contribution >= 0.6 is 23.6 Å². The van der Waals surface area contributed by atoms with Gasteiger partial charge in [0.25, 0.3) is 0 Å². The summed E-state index contributed by atoms with van der Waals surface area (Å²) in [4.78, 5) is 4.85. The van der Waals surface area contributed by atoms with Crippen LogP contribution in [0.2, 0.25) is 0 Å². The molecule has 114 valence electrons. The van der Waals surface area contributed by atoms with Gasteiger partial charge >= 0.3 is 0 Å². The quantitative estimate of drug-likeness (QED) is 0.830. The third-order valence-corrected chi connectivity index (χ3v) is 4.98. The van der Waals surface area contributed by atoms with Gasteiger partial charge in [-0.2, -0.15) is 5.10 Å². The zero-order valence-corrected chi connectivity index (χ0v) is 14.0. The fourth-order valence-corrected chi connectivity index (χ4v) is 3.80. The summed E-state index contributed by atoms with van der Waals surface area (Å²) in [6.07, 6.45) is 2.27. The van der Waals surface area contributed by atoms with Crippen LogP contribution in [0.3, 0.4) is 0 Å². The molecule has 3 rings (SSSR count). The maximum absolute atomic E-state index is 9.45. The van der Waals surface area contributed by atoms with E-state index in [2.05, 4.69) is 36.1 Å². The fourth-order valence-electron chi connectivity index (χ4n) is 2.48. The number of aryl methyl sites for hydroxylation is 1. The van der Waals surface area contributed by atoms with Crippen LogP contribution < -0.4 is 0 Å². The number of nitrogens with zero attached hydrogens (tertiary/aromatic N) is 4. The summed E-state index contributed by atoms with van der Waals surface area (Å²) in [6, 6.07) is 4.75. The summed E-state index contributed by atoms with van der Waals surface area (Å²) in [5.74, 6) is 0.683. The SMILES string of the molecule is Cc1ccc(CN(C)Cn2nc(CO)n(C3CC3)c2=S)s1. The Morgan fingerprint density at radius 3 is 2.81 bits per heavy atom. The van der Waals surface area contributed by atoms with Crippen molar-refractivity contribution in [2.75, 3.05) is 7.05 Å². The molecule has 0 atom stereocenters. The minimum Gasteiger partial charge on any atom is -0.388 e. The molecule has 7 heteroatoms. The van der Waals surface area contributed by atoms with Crippen LogP contribution in [0.15, 0.2) is 12.1 Å². The molecule has 1 saturated carbocycles. The Balaban J connectivity index is 1.73. The first-order chi connectivity index (χ1) is 10.1. The monoisotopic (exact) mass is 324 g/mol. The van der Waals surface area contributed by atoms with Gasteiger partial charge in [0.2, 0.25) is 0 Å². The van der Waals surface area contributed by atoms with Crippen LogP contribution in [-0.2, 0) is 19.8 Å². The molecule has 0 unspecified atom stereocenters. The summed E-state index contributed by atoms with van der Waals surface area (Å²) in [6.45, 7) is 3.59. The first-order valence-electron chi connectivity index (χ1n) is 7.11. The highest BCUT2D eigenvalue weighted by Crippen LogP contribution is 2.36. The average molecular weight is 324 g/mol. The smallest absolute Gasteiger partial charge is 0.199 e. The third kappa shape index (κ3) is 3.26. The largest absolute Gasteiger partial charge is 0.388 e. The van der Waals surface area contributed by atoms with Crippen LogP contribution in [-0.4, -0.2) is 31.4 Å². The van der Waals surface area contributed by atoms with Crippen molar-refractivity contribution in [3.63, 3.8) is 0 Å². The molecule has 1 N–H and O–H groups in total. The second-order valence-electron chi connectivity index (χ2n) is 5.63. The zero-order chi connectivity index (χ0) is 15.0. The average Bonchev–Trinajstić information content (AvgIpc) is 3.12. The molecule has 1 fully saturated rings. The minimum atomic E-state index is -0.0546. The van der Waals surface area contributed by atoms with E-state index in [1.807, 2.05) is 20.6 Å². The Kier molecular flexibility index (Phi) is 4.26. The van der Waals surface area contributed by atoms with Gasteiger partial charge in [-0.15, -0.1) is 11.3 Å². The summed E-state index contributed by atoms with van der Waals surface area (Å²) < 4.78 is 4.55. The van der Waals surface area contributed by atoms with Gasteiger partial charge in [0.1, 0.15) is 6.61 Å². The highest BCUT2D eigenvalue weighted by molar-refractivity contribution is 7.71. The van der Waals surface area contributed by atoms with Gasteiger partial charge in [-0.05, 0) is 51.2 Å². The van der Waals surface area contributed by atoms with Crippen molar-refractivity contribution in [3.8, 4) is 0 Å². The maximum atomic E-state index is 9.45. The predicted octanol–water partition coefficient (Wildman–Crippen LogP) is 2.70. The number of hydrogen-bond acceptors (Lipinski definition) is 5. The molecule has 0 bridgehead atoms. The number of aliphatic hydroxyl groups excluding tert-OH is 1. The molecule has 2 heterocycles. The molecule has 1 aliphatic carbocycles. The van der Waals surface area contributed by atoms with E-state index in [9.17, 15) is 5.11 Å². The van der Waals surface area contributed by atoms with Crippen LogP contribution in [0.1, 0.15) is 34.5 Å². The molecule has 5 nitrogen and oxygen atoms in total. The van der Waals surface area contributed by atoms with Crippen LogP contribution in [0.5, 0.6) is 0 Å². The minimum absolute atomic E-state index is 0.0546. The second-order valence-corrected chi connectivity index (χ2v) is 7.36. The second kappa shape index (κ2) is 6.00. The molecule has 0 saturated heterocycles. The van der Waals surface area contributed by atoms with Crippen LogP contribution in [0.4, 0.5) is 0 Å². The molecule has 0 radical (unpaired) electrons. The molecule has 0 aromatic carbocycles. The lowest BCUT2D eigenvalue weighted by atomic mass is 10.4. The van der Waals surface area contributed by atoms with Gasteiger partial charge in [0.05, 0.1) is 6.67 Å². The number of aliphatic hydroxyl groups is 1. The van der Waals surface area contributed by atoms with Gasteiger partial charge in [-0.1, -0.05) is 0 Å². The standard InChI is InChI=1S/C14H20N4OS2/c1-10-3-6-12(21-10)7-16(2)9-17-14(20)18(11-4-5-11)13(8-19)15-17/h3,6,11,19H,4-5,7-9H2,1-2H3. The Labute approximate surface area is 133 Å². The van der Waals surface area contributed by atoms with Crippen molar-refractivity contribution in [1.29, 1.82) is 0 Å². The van der Waals surface area contributed by atoms with Gasteiger partial charge in [-0.25, -0.2) is 4.68 Å². The van der Waals surface area contributed by atoms with Gasteiger partial charge in [0.15, 0.2) is 10.6 Å². The van der Waals surface area contributed by atoms with Crippen LogP contribution in [0, 0.1) is 11.7 Å². The highest BCUT2D eigenvalue weighted by Gasteiger charge is 2.28. The Hall–Kier alpha value is -1.02. The Morgan fingerprint density at radius 2 is 2.24 bits per heavy atom. The van der Waals surface area contributed by atoms with E-state index in [1.54, 1.807) is 0 Å². The van der Waals surface area contributed by atoms with Crippen molar-refractivity contribution in [3.05, 3.63) is 32.5 Å². The van der Waals surface area contributed by atoms with E-state index < -0.39 is 0 Å². The zero-order valence-electron chi connectivity index (χ0n) is 12.3. The molecule has 1 aliphatic rings. The fraction of sp³-hybridized carbons (Fsp3) is 0.571. The number of thiophene rings is 1. The molecule has 21 heavy (non-hydrogen) atoms. The van der Waals surface area contributed by atoms with Crippen LogP contribution in [0.25, 0.3) is 0 Å². The first-order valence-corrected chi connectivity index (χ1v) is 8.34. The van der Waals surface area contributed by atoms with E-state index in [1.165, 1.54) is 9.75 Å². The summed E-state index contributed by atoms with van der Waals surface area (Å²) >= 11 is 7.33. The van der Waals surface area contributed by atoms with E-state index in [4.69, 9.17) is 12.2 Å². The van der Waals surface area contributed by atoms with Crippen molar-refractivity contribution in [1.82, 2.24) is 19.2 Å². The molecule has 2 aromatic rings. The normalized spacial score (nSPS) is 15.0. The summed E-state index contributed by atoms with van der Waals surface area (Å²) in [5, 5.41) is 13.9. The van der Waals surface area contributed by atoms with Crippen molar-refractivity contribution >= 4 is 23.6 Å². The van der Waals surface area contributed by atoms with Gasteiger partial charge in [-0.3, -0.25) is 9.47 Å². The van der Waals surface area contributed by atoms with E-state index in [0.29, 0.717) is 18.5 Å². The topological polar surface area (TPSA) is 46.2 Å². The van der Waals surface area contributed by atoms with E-state index >= 15 is 0 Å². The third-order valence-electron chi connectivity index (χ3n) is 3.59. The Bertz CT molecular complexity index is 683. The summed E-state index contributed by atoms with van der Waals surface area (Å²) in [7, 11) is 2.06. The number of rotatable bonds is 6. The lowest BCUT2D eigenvalue weighted by Gasteiger charge is -2.15. The molecule has 0 aliphatic heterocycles. The molecule has 0 spiro atoms. The number of aromatic nitrogens is 3. The molecular weight excluding hydrogens is 304 g/mol. The lowest BCUT2D eigenvalue weighted by molar-refractivity contribution is 0.239. The predicted molar refractivity (Wildman–Crippen MR) is 85.8 cm³/mol. The number of hydrogen-bond donors (Lipinski definition) is 1. The van der Waals surface area contributed by atoms with Gasteiger partial charge in [0, 0.05) is 22.3 Å². The molecule has 2 aromatic heterocycles. The van der Waals surface area contributed by atoms with Crippen molar-refractivity contribution in [2.45, 2.75) is 45.6 Å². The maximum Gasteiger partial charge on any atom is 0.199 e. The Morgan fingerprint density at radius 1 is 1.48 bits per heavy atom. The first kappa shape index (κ1) is 14.9. The van der Waals surface area contributed by atoms with Crippen molar-refractivity contribution < 1.29 is 5.11 Å². The van der Waals surface area contributed by atoms with Gasteiger partial charge < -0.3 is 5.11 Å². The molecule has 0 amide bonds. The van der Waals surface area contributed by atoms with E-state index in [0.717, 1.165) is 24.2 Å².